The third-order valence-corrected chi connectivity index (χ3v) is 2.66. The summed E-state index contributed by atoms with van der Waals surface area (Å²) in [5, 5.41) is 2.92. The van der Waals surface area contributed by atoms with Crippen LogP contribution < -0.4 is 10.1 Å². The van der Waals surface area contributed by atoms with E-state index in [9.17, 15) is 4.79 Å². The van der Waals surface area contributed by atoms with E-state index in [2.05, 4.69) is 21.2 Å². The van der Waals surface area contributed by atoms with Crippen LogP contribution in [0.15, 0.2) is 22.7 Å². The summed E-state index contributed by atoms with van der Waals surface area (Å²) in [6.45, 7) is 9.79. The van der Waals surface area contributed by atoms with Gasteiger partial charge in [0.2, 0.25) is 0 Å². The molecule has 18 heavy (non-hydrogen) atoms. The lowest BCUT2D eigenvalue weighted by Gasteiger charge is -2.20. The molecule has 1 aromatic rings. The predicted octanol–water partition coefficient (Wildman–Crippen LogP) is 3.76. The van der Waals surface area contributed by atoms with E-state index >= 15 is 0 Å². The van der Waals surface area contributed by atoms with Gasteiger partial charge in [-0.2, -0.15) is 0 Å². The third kappa shape index (κ3) is 4.69. The monoisotopic (exact) mass is 313 g/mol. The fourth-order valence-corrected chi connectivity index (χ4v) is 1.88. The van der Waals surface area contributed by atoms with Crippen molar-refractivity contribution in [3.05, 3.63) is 28.2 Å². The number of amides is 1. The van der Waals surface area contributed by atoms with Crippen LogP contribution in [0.2, 0.25) is 0 Å². The number of ether oxygens (including phenoxy) is 1. The lowest BCUT2D eigenvalue weighted by atomic mass is 10.1. The van der Waals surface area contributed by atoms with Crippen LogP contribution in [0.3, 0.4) is 0 Å². The van der Waals surface area contributed by atoms with Crippen molar-refractivity contribution in [2.24, 2.45) is 0 Å². The second-order valence-corrected chi connectivity index (χ2v) is 6.37. The summed E-state index contributed by atoms with van der Waals surface area (Å²) in [6.07, 6.45) is 0.107. The Morgan fingerprint density at radius 1 is 1.33 bits per heavy atom. The van der Waals surface area contributed by atoms with E-state index < -0.39 is 0 Å². The van der Waals surface area contributed by atoms with Gasteiger partial charge in [0, 0.05) is 11.1 Å². The molecule has 4 heteroatoms. The summed E-state index contributed by atoms with van der Waals surface area (Å²) in [4.78, 5) is 12.0. The highest BCUT2D eigenvalue weighted by Gasteiger charge is 2.16. The molecule has 0 fully saturated rings. The molecular weight excluding hydrogens is 294 g/mol. The van der Waals surface area contributed by atoms with E-state index in [1.54, 1.807) is 12.1 Å². The van der Waals surface area contributed by atoms with Crippen LogP contribution in [0, 0.1) is 0 Å². The Morgan fingerprint density at radius 2 is 1.94 bits per heavy atom. The van der Waals surface area contributed by atoms with Crippen molar-refractivity contribution >= 4 is 21.8 Å². The minimum atomic E-state index is -0.239. The molecule has 0 aliphatic rings. The third-order valence-electron chi connectivity index (χ3n) is 2.05. The number of nitrogens with one attached hydrogen (secondary N) is 1. The highest BCUT2D eigenvalue weighted by molar-refractivity contribution is 9.10. The number of halogens is 1. The molecule has 1 amide bonds. The van der Waals surface area contributed by atoms with E-state index in [1.165, 1.54) is 0 Å². The number of rotatable bonds is 3. The molecule has 3 nitrogen and oxygen atoms in total. The summed E-state index contributed by atoms with van der Waals surface area (Å²) < 4.78 is 6.39. The van der Waals surface area contributed by atoms with Gasteiger partial charge in [0.25, 0.3) is 5.91 Å². The van der Waals surface area contributed by atoms with Crippen LogP contribution in [0.1, 0.15) is 45.0 Å². The van der Waals surface area contributed by atoms with Gasteiger partial charge in [-0.3, -0.25) is 4.79 Å². The first-order valence-corrected chi connectivity index (χ1v) is 6.77. The highest BCUT2D eigenvalue weighted by Crippen LogP contribution is 2.27. The lowest BCUT2D eigenvalue weighted by Crippen LogP contribution is -2.40. The van der Waals surface area contributed by atoms with Crippen LogP contribution in [0.5, 0.6) is 5.75 Å². The summed E-state index contributed by atoms with van der Waals surface area (Å²) in [5.41, 5.74) is 0.379. The zero-order valence-electron chi connectivity index (χ0n) is 11.5. The second-order valence-electron chi connectivity index (χ2n) is 5.52. The van der Waals surface area contributed by atoms with Crippen molar-refractivity contribution in [3.8, 4) is 5.75 Å². The molecule has 0 spiro atoms. The van der Waals surface area contributed by atoms with Gasteiger partial charge in [0.05, 0.1) is 10.6 Å². The molecule has 0 aromatic heterocycles. The first kappa shape index (κ1) is 15.0. The van der Waals surface area contributed by atoms with E-state index in [4.69, 9.17) is 4.74 Å². The van der Waals surface area contributed by atoms with Crippen molar-refractivity contribution < 1.29 is 9.53 Å². The number of hydrogen-bond donors (Lipinski definition) is 1. The van der Waals surface area contributed by atoms with E-state index in [0.29, 0.717) is 5.56 Å². The molecule has 1 aromatic carbocycles. The molecular formula is C14H20BrNO2. The maximum Gasteiger partial charge on any atom is 0.251 e. The standard InChI is InChI=1S/C14H20BrNO2/c1-9(2)18-12-7-6-10(8-11(12)15)13(17)16-14(3,4)5/h6-9H,1-5H3,(H,16,17). The van der Waals surface area contributed by atoms with Gasteiger partial charge in [-0.15, -0.1) is 0 Å². The Hall–Kier alpha value is -1.03. The smallest absolute Gasteiger partial charge is 0.251 e. The Balaban J connectivity index is 2.87. The highest BCUT2D eigenvalue weighted by atomic mass is 79.9. The van der Waals surface area contributed by atoms with Crippen LogP contribution in [-0.4, -0.2) is 17.6 Å². The van der Waals surface area contributed by atoms with Crippen LogP contribution >= 0.6 is 15.9 Å². The average Bonchev–Trinajstić information content (AvgIpc) is 2.17. The Bertz CT molecular complexity index is 436. The van der Waals surface area contributed by atoms with Crippen molar-refractivity contribution in [3.63, 3.8) is 0 Å². The molecule has 0 aliphatic heterocycles. The quantitative estimate of drug-likeness (QED) is 0.922. The molecule has 0 saturated heterocycles. The molecule has 0 radical (unpaired) electrons. The normalized spacial score (nSPS) is 11.5. The Labute approximate surface area is 117 Å². The molecule has 0 bridgehead atoms. The van der Waals surface area contributed by atoms with Crippen molar-refractivity contribution in [1.82, 2.24) is 5.32 Å². The molecule has 0 saturated carbocycles. The lowest BCUT2D eigenvalue weighted by molar-refractivity contribution is 0.0919. The van der Waals surface area contributed by atoms with Crippen molar-refractivity contribution in [1.29, 1.82) is 0 Å². The van der Waals surface area contributed by atoms with Gasteiger partial charge in [0.1, 0.15) is 5.75 Å². The predicted molar refractivity (Wildman–Crippen MR) is 77.1 cm³/mol. The topological polar surface area (TPSA) is 38.3 Å². The number of carbonyl (C=O) groups is 1. The van der Waals surface area contributed by atoms with Crippen LogP contribution in [0.4, 0.5) is 0 Å². The van der Waals surface area contributed by atoms with Gasteiger partial charge >= 0.3 is 0 Å². The number of benzene rings is 1. The minimum Gasteiger partial charge on any atom is -0.490 e. The first-order valence-electron chi connectivity index (χ1n) is 5.98. The SMILES string of the molecule is CC(C)Oc1ccc(C(=O)NC(C)(C)C)cc1Br. The molecule has 0 unspecified atom stereocenters. The molecule has 1 rings (SSSR count). The summed E-state index contributed by atoms with van der Waals surface area (Å²) in [5.74, 6) is 0.664. The second kappa shape index (κ2) is 5.74. The van der Waals surface area contributed by atoms with Crippen molar-refractivity contribution in [2.45, 2.75) is 46.3 Å². The van der Waals surface area contributed by atoms with Gasteiger partial charge in [-0.05, 0) is 68.7 Å². The maximum absolute atomic E-state index is 12.0. The summed E-state index contributed by atoms with van der Waals surface area (Å²) >= 11 is 3.42. The van der Waals surface area contributed by atoms with Gasteiger partial charge in [0.15, 0.2) is 0 Å². The average molecular weight is 314 g/mol. The number of carbonyl (C=O) groups excluding carboxylic acids is 1. The summed E-state index contributed by atoms with van der Waals surface area (Å²) in [6, 6.07) is 5.35. The minimum absolute atomic E-state index is 0.0840. The Morgan fingerprint density at radius 3 is 2.39 bits per heavy atom. The number of hydrogen-bond acceptors (Lipinski definition) is 2. The fraction of sp³-hybridized carbons (Fsp3) is 0.500. The fourth-order valence-electron chi connectivity index (χ4n) is 1.40. The van der Waals surface area contributed by atoms with E-state index in [0.717, 1.165) is 10.2 Å². The van der Waals surface area contributed by atoms with E-state index in [1.807, 2.05) is 40.7 Å². The summed E-state index contributed by atoms with van der Waals surface area (Å²) in [7, 11) is 0. The molecule has 100 valence electrons. The zero-order valence-corrected chi connectivity index (χ0v) is 13.1. The molecule has 0 heterocycles. The Kier molecular flexibility index (Phi) is 4.79. The largest absolute Gasteiger partial charge is 0.490 e. The first-order chi connectivity index (χ1) is 8.19. The van der Waals surface area contributed by atoms with Crippen LogP contribution in [0.25, 0.3) is 0 Å². The molecule has 0 atom stereocenters. The maximum atomic E-state index is 12.0. The van der Waals surface area contributed by atoms with Gasteiger partial charge < -0.3 is 10.1 Å². The van der Waals surface area contributed by atoms with Crippen LogP contribution in [-0.2, 0) is 0 Å². The van der Waals surface area contributed by atoms with E-state index in [-0.39, 0.29) is 17.6 Å². The molecule has 0 aliphatic carbocycles. The van der Waals surface area contributed by atoms with Gasteiger partial charge in [-0.1, -0.05) is 0 Å². The molecule has 1 N–H and O–H groups in total. The zero-order chi connectivity index (χ0) is 13.9. The van der Waals surface area contributed by atoms with Gasteiger partial charge in [-0.25, -0.2) is 0 Å². The van der Waals surface area contributed by atoms with Crippen molar-refractivity contribution in [2.75, 3.05) is 0 Å².